The van der Waals surface area contributed by atoms with Crippen LogP contribution in [0.2, 0.25) is 0 Å². The normalized spacial score (nSPS) is 16.7. The number of para-hydroxylation sites is 2. The van der Waals surface area contributed by atoms with Crippen LogP contribution in [0.15, 0.2) is 40.8 Å². The van der Waals surface area contributed by atoms with E-state index in [4.69, 9.17) is 19.6 Å². The zero-order valence-electron chi connectivity index (χ0n) is 13.9. The second-order valence-corrected chi connectivity index (χ2v) is 5.84. The van der Waals surface area contributed by atoms with E-state index in [1.54, 1.807) is 36.3 Å². The first kappa shape index (κ1) is 16.9. The Hall–Kier alpha value is -2.96. The Morgan fingerprint density at radius 3 is 2.68 bits per heavy atom. The molecule has 0 spiro atoms. The summed E-state index contributed by atoms with van der Waals surface area (Å²) >= 11 is 0. The third kappa shape index (κ3) is 3.76. The van der Waals surface area contributed by atoms with E-state index < -0.39 is 0 Å². The Bertz CT molecular complexity index is 770. The molecule has 7 nitrogen and oxygen atoms in total. The average molecular weight is 344 g/mol. The van der Waals surface area contributed by atoms with Crippen LogP contribution < -0.4 is 15.2 Å². The van der Waals surface area contributed by atoms with Gasteiger partial charge in [-0.25, -0.2) is 0 Å². The van der Waals surface area contributed by atoms with Gasteiger partial charge in [-0.1, -0.05) is 12.1 Å². The Labute approximate surface area is 145 Å². The number of carbonyl (C=O) groups is 2. The van der Waals surface area contributed by atoms with Crippen molar-refractivity contribution in [2.24, 2.45) is 11.7 Å². The molecule has 1 aromatic carbocycles. The van der Waals surface area contributed by atoms with Crippen LogP contribution in [0.4, 0.5) is 0 Å². The molecule has 2 amide bonds. The molecule has 0 radical (unpaired) electrons. The van der Waals surface area contributed by atoms with E-state index >= 15 is 0 Å². The van der Waals surface area contributed by atoms with E-state index in [-0.39, 0.29) is 30.1 Å². The lowest BCUT2D eigenvalue weighted by Gasteiger charge is -2.14. The smallest absolute Gasteiger partial charge is 0.289 e. The van der Waals surface area contributed by atoms with Crippen molar-refractivity contribution >= 4 is 11.8 Å². The van der Waals surface area contributed by atoms with E-state index in [1.807, 2.05) is 12.1 Å². The van der Waals surface area contributed by atoms with Crippen LogP contribution in [-0.2, 0) is 11.4 Å². The third-order valence-corrected chi connectivity index (χ3v) is 4.19. The number of benzene rings is 1. The minimum atomic E-state index is -0.374. The van der Waals surface area contributed by atoms with Crippen molar-refractivity contribution in [3.05, 3.63) is 47.9 Å². The molecule has 3 rings (SSSR count). The van der Waals surface area contributed by atoms with Crippen molar-refractivity contribution in [1.29, 1.82) is 0 Å². The SMILES string of the molecule is COc1ccccc1OCc1ccc(C(=O)N2CCC(C(N)=O)C2)o1. The first-order valence-corrected chi connectivity index (χ1v) is 8.01. The quantitative estimate of drug-likeness (QED) is 0.862. The predicted molar refractivity (Wildman–Crippen MR) is 89.2 cm³/mol. The second kappa shape index (κ2) is 7.29. The summed E-state index contributed by atoms with van der Waals surface area (Å²) in [7, 11) is 1.57. The third-order valence-electron chi connectivity index (χ3n) is 4.19. The van der Waals surface area contributed by atoms with Gasteiger partial charge in [-0.3, -0.25) is 9.59 Å². The number of ether oxygens (including phenoxy) is 2. The Morgan fingerprint density at radius 2 is 2.00 bits per heavy atom. The summed E-state index contributed by atoms with van der Waals surface area (Å²) in [5.74, 6) is 1.07. The maximum atomic E-state index is 12.4. The Kier molecular flexibility index (Phi) is 4.92. The molecule has 1 saturated heterocycles. The monoisotopic (exact) mass is 344 g/mol. The van der Waals surface area contributed by atoms with E-state index in [9.17, 15) is 9.59 Å². The molecule has 1 unspecified atom stereocenters. The number of hydrogen-bond acceptors (Lipinski definition) is 5. The van der Waals surface area contributed by atoms with Gasteiger partial charge in [0.1, 0.15) is 12.4 Å². The van der Waals surface area contributed by atoms with Crippen molar-refractivity contribution in [2.75, 3.05) is 20.2 Å². The van der Waals surface area contributed by atoms with Crippen LogP contribution >= 0.6 is 0 Å². The fraction of sp³-hybridized carbons (Fsp3) is 0.333. The zero-order chi connectivity index (χ0) is 17.8. The number of rotatable bonds is 6. The van der Waals surface area contributed by atoms with E-state index in [1.165, 1.54) is 0 Å². The first-order chi connectivity index (χ1) is 12.1. The van der Waals surface area contributed by atoms with E-state index in [0.29, 0.717) is 36.8 Å². The highest BCUT2D eigenvalue weighted by Gasteiger charge is 2.31. The van der Waals surface area contributed by atoms with Crippen molar-refractivity contribution in [2.45, 2.75) is 13.0 Å². The number of amides is 2. The number of carbonyl (C=O) groups excluding carboxylic acids is 2. The summed E-state index contributed by atoms with van der Waals surface area (Å²) in [5, 5.41) is 0. The van der Waals surface area contributed by atoms with Gasteiger partial charge in [-0.15, -0.1) is 0 Å². The summed E-state index contributed by atoms with van der Waals surface area (Å²) in [5.41, 5.74) is 5.29. The summed E-state index contributed by atoms with van der Waals surface area (Å²) < 4.78 is 16.5. The second-order valence-electron chi connectivity index (χ2n) is 5.84. The van der Waals surface area contributed by atoms with Crippen LogP contribution in [-0.4, -0.2) is 36.9 Å². The van der Waals surface area contributed by atoms with Crippen LogP contribution in [0, 0.1) is 5.92 Å². The van der Waals surface area contributed by atoms with Gasteiger partial charge in [0.05, 0.1) is 13.0 Å². The Balaban J connectivity index is 1.61. The van der Waals surface area contributed by atoms with Gasteiger partial charge < -0.3 is 24.5 Å². The van der Waals surface area contributed by atoms with Crippen LogP contribution in [0.3, 0.4) is 0 Å². The maximum absolute atomic E-state index is 12.4. The molecule has 0 aliphatic carbocycles. The molecule has 0 bridgehead atoms. The highest BCUT2D eigenvalue weighted by atomic mass is 16.5. The molecule has 7 heteroatoms. The number of nitrogens with zero attached hydrogens (tertiary/aromatic N) is 1. The van der Waals surface area contributed by atoms with Gasteiger partial charge in [0, 0.05) is 13.1 Å². The number of primary amides is 1. The topological polar surface area (TPSA) is 95.0 Å². The van der Waals surface area contributed by atoms with Crippen molar-refractivity contribution < 1.29 is 23.5 Å². The van der Waals surface area contributed by atoms with Gasteiger partial charge in [0.15, 0.2) is 17.3 Å². The summed E-state index contributed by atoms with van der Waals surface area (Å²) in [6, 6.07) is 10.6. The lowest BCUT2D eigenvalue weighted by atomic mass is 10.1. The number of likely N-dealkylation sites (tertiary alicyclic amines) is 1. The predicted octanol–water partition coefficient (Wildman–Crippen LogP) is 1.81. The molecule has 2 aromatic rings. The number of methoxy groups -OCH3 is 1. The molecule has 1 aromatic heterocycles. The van der Waals surface area contributed by atoms with Gasteiger partial charge in [-0.2, -0.15) is 0 Å². The molecular weight excluding hydrogens is 324 g/mol. The molecule has 1 aliphatic rings. The molecule has 0 saturated carbocycles. The molecule has 132 valence electrons. The molecule has 1 aliphatic heterocycles. The van der Waals surface area contributed by atoms with E-state index in [0.717, 1.165) is 0 Å². The minimum absolute atomic E-state index is 0.178. The average Bonchev–Trinajstić information content (AvgIpc) is 3.29. The zero-order valence-corrected chi connectivity index (χ0v) is 13.9. The van der Waals surface area contributed by atoms with Gasteiger partial charge in [-0.05, 0) is 30.7 Å². The molecule has 25 heavy (non-hydrogen) atoms. The summed E-state index contributed by atoms with van der Waals surface area (Å²) in [6.45, 7) is 1.01. The van der Waals surface area contributed by atoms with E-state index in [2.05, 4.69) is 0 Å². The molecule has 1 fully saturated rings. The number of furan rings is 1. The maximum Gasteiger partial charge on any atom is 0.289 e. The summed E-state index contributed by atoms with van der Waals surface area (Å²) in [6.07, 6.45) is 0.589. The summed E-state index contributed by atoms with van der Waals surface area (Å²) in [4.78, 5) is 25.2. The number of hydrogen-bond donors (Lipinski definition) is 1. The molecular formula is C18H20N2O5. The minimum Gasteiger partial charge on any atom is -0.493 e. The van der Waals surface area contributed by atoms with Crippen molar-refractivity contribution in [3.8, 4) is 11.5 Å². The highest BCUT2D eigenvalue weighted by Crippen LogP contribution is 2.27. The van der Waals surface area contributed by atoms with Crippen molar-refractivity contribution in [1.82, 2.24) is 4.90 Å². The largest absolute Gasteiger partial charge is 0.493 e. The highest BCUT2D eigenvalue weighted by molar-refractivity contribution is 5.92. The fourth-order valence-corrected chi connectivity index (χ4v) is 2.79. The van der Waals surface area contributed by atoms with Crippen LogP contribution in [0.1, 0.15) is 22.7 Å². The van der Waals surface area contributed by atoms with Gasteiger partial charge >= 0.3 is 0 Å². The molecule has 2 heterocycles. The molecule has 1 atom stereocenters. The Morgan fingerprint density at radius 1 is 1.24 bits per heavy atom. The van der Waals surface area contributed by atoms with Gasteiger partial charge in [0.25, 0.3) is 5.91 Å². The lowest BCUT2D eigenvalue weighted by Crippen LogP contribution is -2.31. The number of nitrogens with two attached hydrogens (primary N) is 1. The van der Waals surface area contributed by atoms with Crippen molar-refractivity contribution in [3.63, 3.8) is 0 Å². The van der Waals surface area contributed by atoms with Gasteiger partial charge in [0.2, 0.25) is 5.91 Å². The fourth-order valence-electron chi connectivity index (χ4n) is 2.79. The van der Waals surface area contributed by atoms with Crippen LogP contribution in [0.5, 0.6) is 11.5 Å². The standard InChI is InChI=1S/C18H20N2O5/c1-23-14-4-2-3-5-15(14)24-11-13-6-7-16(25-13)18(22)20-9-8-12(10-20)17(19)21/h2-7,12H,8-11H2,1H3,(H2,19,21). The first-order valence-electron chi connectivity index (χ1n) is 8.01. The van der Waals surface area contributed by atoms with Crippen LogP contribution in [0.25, 0.3) is 0 Å². The molecule has 2 N–H and O–H groups in total. The lowest BCUT2D eigenvalue weighted by molar-refractivity contribution is -0.121.